The third-order valence-electron chi connectivity index (χ3n) is 2.52. The molecule has 0 saturated carbocycles. The summed E-state index contributed by atoms with van der Waals surface area (Å²) in [6.07, 6.45) is -0.104. The Hall–Kier alpha value is 0.0200. The maximum absolute atomic E-state index is 11.7. The second-order valence-electron chi connectivity index (χ2n) is 4.29. The molecular weight excluding hydrogens is 335 g/mol. The summed E-state index contributed by atoms with van der Waals surface area (Å²) in [5.74, 6) is 2.93. The number of hydrogen-bond donors (Lipinski definition) is 0. The van der Waals surface area contributed by atoms with Crippen molar-refractivity contribution in [2.45, 2.75) is 12.5 Å². The van der Waals surface area contributed by atoms with Gasteiger partial charge in [-0.25, -0.2) is 4.57 Å². The van der Waals surface area contributed by atoms with E-state index in [9.17, 15) is 9.36 Å². The van der Waals surface area contributed by atoms with E-state index < -0.39 is 7.82 Å². The molecule has 1 saturated heterocycles. The molecule has 0 atom stereocenters. The molecule has 1 heterocycles. The van der Waals surface area contributed by atoms with Gasteiger partial charge in [0.25, 0.3) is 0 Å². The molecule has 1 fully saturated rings. The van der Waals surface area contributed by atoms with Crippen molar-refractivity contribution in [3.8, 4) is 0 Å². The molecule has 0 aromatic carbocycles. The van der Waals surface area contributed by atoms with Gasteiger partial charge in [0.05, 0.1) is 13.0 Å². The van der Waals surface area contributed by atoms with Crippen molar-refractivity contribution in [3.05, 3.63) is 12.2 Å². The summed E-state index contributed by atoms with van der Waals surface area (Å²) in [6, 6.07) is 0. The molecule has 0 amide bonds. The van der Waals surface area contributed by atoms with Gasteiger partial charge in [-0.3, -0.25) is 18.4 Å². The fraction of sp³-hybridized carbons (Fsp3) is 0.750. The summed E-state index contributed by atoms with van der Waals surface area (Å²) in [5.41, 5.74) is 1.21. The molecule has 0 radical (unpaired) electrons. The molecule has 1 aliphatic heterocycles. The Kier molecular flexibility index (Phi) is 9.01. The Morgan fingerprint density at radius 2 is 1.86 bits per heavy atom. The maximum Gasteiger partial charge on any atom is 0.474 e. The Labute approximate surface area is 133 Å². The van der Waals surface area contributed by atoms with E-state index in [0.29, 0.717) is 0 Å². The van der Waals surface area contributed by atoms with Crippen LogP contribution >= 0.6 is 31.3 Å². The number of phosphoric acid groups is 1. The van der Waals surface area contributed by atoms with Crippen LogP contribution in [-0.2, 0) is 27.7 Å². The fourth-order valence-electron chi connectivity index (χ4n) is 1.49. The first-order valence-corrected chi connectivity index (χ1v) is 10.1. The SMILES string of the molecule is C=C1CSCC(OC(=O)CCOP(=O)(OC)OC)CSC1. The van der Waals surface area contributed by atoms with E-state index in [4.69, 9.17) is 9.26 Å². The molecule has 0 aromatic rings. The van der Waals surface area contributed by atoms with E-state index in [0.717, 1.165) is 23.0 Å². The quantitative estimate of drug-likeness (QED) is 0.392. The largest absolute Gasteiger partial charge is 0.474 e. The highest BCUT2D eigenvalue weighted by Crippen LogP contribution is 2.47. The van der Waals surface area contributed by atoms with E-state index >= 15 is 0 Å². The Morgan fingerprint density at radius 1 is 1.29 bits per heavy atom. The van der Waals surface area contributed by atoms with E-state index in [1.54, 1.807) is 23.5 Å². The van der Waals surface area contributed by atoms with Crippen LogP contribution in [0.5, 0.6) is 0 Å². The summed E-state index contributed by atoms with van der Waals surface area (Å²) in [6.45, 7) is 3.90. The predicted octanol–water partition coefficient (Wildman–Crippen LogP) is 2.74. The standard InChI is InChI=1S/C12H21O6PS2/c1-10-6-20-8-11(9-21-7-10)18-12(13)4-5-17-19(14,15-2)16-3/h11H,1,4-9H2,2-3H3. The average molecular weight is 356 g/mol. The number of carbonyl (C=O) groups excluding carboxylic acids is 1. The van der Waals surface area contributed by atoms with E-state index in [-0.39, 0.29) is 25.1 Å². The lowest BCUT2D eigenvalue weighted by atomic mass is 10.4. The number of ether oxygens (including phenoxy) is 1. The zero-order valence-corrected chi connectivity index (χ0v) is 14.8. The van der Waals surface area contributed by atoms with Gasteiger partial charge in [0.15, 0.2) is 0 Å². The monoisotopic (exact) mass is 356 g/mol. The van der Waals surface area contributed by atoms with Gasteiger partial charge >= 0.3 is 13.8 Å². The van der Waals surface area contributed by atoms with Crippen molar-refractivity contribution in [3.63, 3.8) is 0 Å². The lowest BCUT2D eigenvalue weighted by molar-refractivity contribution is -0.147. The maximum atomic E-state index is 11.7. The van der Waals surface area contributed by atoms with Crippen LogP contribution in [0.25, 0.3) is 0 Å². The van der Waals surface area contributed by atoms with Crippen LogP contribution in [0.3, 0.4) is 0 Å². The van der Waals surface area contributed by atoms with Crippen LogP contribution in [0.1, 0.15) is 6.42 Å². The van der Waals surface area contributed by atoms with Crippen LogP contribution < -0.4 is 0 Å². The Morgan fingerprint density at radius 3 is 2.38 bits per heavy atom. The minimum absolute atomic E-state index is 0.00918. The minimum Gasteiger partial charge on any atom is -0.461 e. The molecule has 122 valence electrons. The van der Waals surface area contributed by atoms with E-state index in [2.05, 4.69) is 15.6 Å². The van der Waals surface area contributed by atoms with Crippen LogP contribution in [0.2, 0.25) is 0 Å². The molecule has 21 heavy (non-hydrogen) atoms. The third kappa shape index (κ3) is 7.72. The molecule has 1 rings (SSSR count). The number of carbonyl (C=O) groups is 1. The lowest BCUT2D eigenvalue weighted by Crippen LogP contribution is -2.25. The normalized spacial score (nSPS) is 18.1. The third-order valence-corrected chi connectivity index (χ3v) is 6.35. The number of esters is 1. The van der Waals surface area contributed by atoms with Crippen LogP contribution in [-0.4, -0.2) is 55.9 Å². The summed E-state index contributed by atoms with van der Waals surface area (Å²) in [5, 5.41) is 0. The number of phosphoric ester groups is 1. The van der Waals surface area contributed by atoms with Crippen molar-refractivity contribution >= 4 is 37.3 Å². The molecule has 0 aliphatic carbocycles. The van der Waals surface area contributed by atoms with Crippen molar-refractivity contribution in [1.82, 2.24) is 0 Å². The van der Waals surface area contributed by atoms with Gasteiger partial charge in [0, 0.05) is 37.2 Å². The highest BCUT2D eigenvalue weighted by atomic mass is 32.2. The van der Waals surface area contributed by atoms with Crippen LogP contribution in [0, 0.1) is 0 Å². The smallest absolute Gasteiger partial charge is 0.461 e. The molecule has 1 aliphatic rings. The van der Waals surface area contributed by atoms with Gasteiger partial charge in [0.2, 0.25) is 0 Å². The van der Waals surface area contributed by atoms with Gasteiger partial charge in [-0.2, -0.15) is 23.5 Å². The first-order chi connectivity index (χ1) is 9.99. The second-order valence-corrected chi connectivity index (χ2v) is 8.23. The van der Waals surface area contributed by atoms with Crippen molar-refractivity contribution in [2.75, 3.05) is 43.8 Å². The zero-order chi connectivity index (χ0) is 15.7. The van der Waals surface area contributed by atoms with Gasteiger partial charge in [0.1, 0.15) is 6.10 Å². The minimum atomic E-state index is -3.53. The summed E-state index contributed by atoms with van der Waals surface area (Å²) in [4.78, 5) is 11.7. The Bertz CT molecular complexity index is 383. The summed E-state index contributed by atoms with van der Waals surface area (Å²) >= 11 is 3.43. The first-order valence-electron chi connectivity index (χ1n) is 6.36. The number of hydrogen-bond acceptors (Lipinski definition) is 8. The molecule has 9 heteroatoms. The number of rotatable bonds is 7. The summed E-state index contributed by atoms with van der Waals surface area (Å²) < 4.78 is 31.1. The molecule has 0 N–H and O–H groups in total. The average Bonchev–Trinajstić information content (AvgIpc) is 2.44. The topological polar surface area (TPSA) is 71.1 Å². The van der Waals surface area contributed by atoms with Gasteiger partial charge in [-0.15, -0.1) is 0 Å². The van der Waals surface area contributed by atoms with Crippen molar-refractivity contribution in [2.24, 2.45) is 0 Å². The molecule has 0 bridgehead atoms. The van der Waals surface area contributed by atoms with E-state index in [1.165, 1.54) is 19.8 Å². The van der Waals surface area contributed by atoms with Gasteiger partial charge in [-0.05, 0) is 0 Å². The van der Waals surface area contributed by atoms with Crippen LogP contribution in [0.4, 0.5) is 0 Å². The molecule has 0 spiro atoms. The predicted molar refractivity (Wildman–Crippen MR) is 85.9 cm³/mol. The molecular formula is C12H21O6PS2. The van der Waals surface area contributed by atoms with Crippen molar-refractivity contribution in [1.29, 1.82) is 0 Å². The lowest BCUT2D eigenvalue weighted by Gasteiger charge is -2.20. The van der Waals surface area contributed by atoms with Crippen molar-refractivity contribution < 1.29 is 27.7 Å². The molecule has 6 nitrogen and oxygen atoms in total. The molecule has 0 unspecified atom stereocenters. The van der Waals surface area contributed by atoms with E-state index in [1.807, 2.05) is 0 Å². The molecule has 0 aromatic heterocycles. The second kappa shape index (κ2) is 9.92. The van der Waals surface area contributed by atoms with Crippen LogP contribution in [0.15, 0.2) is 12.2 Å². The fourth-order valence-corrected chi connectivity index (χ4v) is 4.36. The van der Waals surface area contributed by atoms with Gasteiger partial charge in [-0.1, -0.05) is 12.2 Å². The highest BCUT2D eigenvalue weighted by molar-refractivity contribution is 8.01. The number of thioether (sulfide) groups is 2. The van der Waals surface area contributed by atoms with Gasteiger partial charge < -0.3 is 4.74 Å². The first kappa shape index (κ1) is 19.1. The highest BCUT2D eigenvalue weighted by Gasteiger charge is 2.23. The Balaban J connectivity index is 2.26. The summed E-state index contributed by atoms with van der Waals surface area (Å²) in [7, 11) is -1.08. The zero-order valence-electron chi connectivity index (χ0n) is 12.2.